The quantitative estimate of drug-likeness (QED) is 0.783. The number of benzene rings is 1. The molecule has 0 spiro atoms. The van der Waals surface area contributed by atoms with Gasteiger partial charge in [-0.15, -0.1) is 0 Å². The molecule has 1 aliphatic rings. The van der Waals surface area contributed by atoms with Crippen LogP contribution in [0.25, 0.3) is 0 Å². The van der Waals surface area contributed by atoms with Crippen molar-refractivity contribution in [1.29, 1.82) is 0 Å². The van der Waals surface area contributed by atoms with Gasteiger partial charge in [-0.3, -0.25) is 0 Å². The Morgan fingerprint density at radius 1 is 1.45 bits per heavy atom. The first-order chi connectivity index (χ1) is 9.33. The molecule has 0 bridgehead atoms. The number of anilines is 1. The number of halogens is 2. The molecule has 0 aromatic heterocycles. The minimum Gasteiger partial charge on any atom is -0.398 e. The van der Waals surface area contributed by atoms with Crippen molar-refractivity contribution in [3.8, 4) is 0 Å². The van der Waals surface area contributed by atoms with Crippen molar-refractivity contribution in [3.63, 3.8) is 0 Å². The maximum atomic E-state index is 12.4. The van der Waals surface area contributed by atoms with Crippen molar-refractivity contribution in [1.82, 2.24) is 4.72 Å². The molecule has 20 heavy (non-hydrogen) atoms. The van der Waals surface area contributed by atoms with Gasteiger partial charge in [0.1, 0.15) is 0 Å². The molecule has 0 aliphatic heterocycles. The van der Waals surface area contributed by atoms with E-state index in [2.05, 4.69) is 20.7 Å². The van der Waals surface area contributed by atoms with Gasteiger partial charge in [0.05, 0.1) is 15.5 Å². The molecule has 5 nitrogen and oxygen atoms in total. The normalized spacial score (nSPS) is 23.1. The van der Waals surface area contributed by atoms with Crippen LogP contribution in [0.5, 0.6) is 0 Å². The summed E-state index contributed by atoms with van der Waals surface area (Å²) in [5, 5.41) is 0.285. The summed E-state index contributed by atoms with van der Waals surface area (Å²) >= 11 is 9.07. The molecule has 0 saturated heterocycles. The predicted molar refractivity (Wildman–Crippen MR) is 82.3 cm³/mol. The zero-order valence-electron chi connectivity index (χ0n) is 10.9. The molecule has 1 saturated carbocycles. The molecule has 2 rings (SSSR count). The summed E-state index contributed by atoms with van der Waals surface area (Å²) in [7, 11) is -2.03. The number of nitrogens with two attached hydrogens (primary N) is 1. The SMILES string of the molecule is COC1CCC(NS(=O)(=O)c2cc(Cl)cc(N)c2Br)C1. The first-order valence-electron chi connectivity index (χ1n) is 6.13. The van der Waals surface area contributed by atoms with Crippen molar-refractivity contribution >= 4 is 43.2 Å². The van der Waals surface area contributed by atoms with Gasteiger partial charge in [0.2, 0.25) is 10.0 Å². The second-order valence-electron chi connectivity index (χ2n) is 4.80. The van der Waals surface area contributed by atoms with E-state index in [-0.39, 0.29) is 22.1 Å². The lowest BCUT2D eigenvalue weighted by Crippen LogP contribution is -2.33. The average molecular weight is 384 g/mol. The summed E-state index contributed by atoms with van der Waals surface area (Å²) in [4.78, 5) is 0.0587. The van der Waals surface area contributed by atoms with Crippen LogP contribution in [0.3, 0.4) is 0 Å². The fourth-order valence-electron chi connectivity index (χ4n) is 2.32. The van der Waals surface area contributed by atoms with Gasteiger partial charge >= 0.3 is 0 Å². The number of sulfonamides is 1. The van der Waals surface area contributed by atoms with Crippen LogP contribution >= 0.6 is 27.5 Å². The van der Waals surface area contributed by atoms with E-state index in [1.165, 1.54) is 12.1 Å². The Balaban J connectivity index is 2.23. The van der Waals surface area contributed by atoms with E-state index >= 15 is 0 Å². The van der Waals surface area contributed by atoms with E-state index in [0.29, 0.717) is 16.6 Å². The number of rotatable bonds is 4. The van der Waals surface area contributed by atoms with Gasteiger partial charge in [0.15, 0.2) is 0 Å². The summed E-state index contributed by atoms with van der Waals surface area (Å²) in [6, 6.07) is 2.76. The Labute approximate surface area is 132 Å². The third kappa shape index (κ3) is 3.46. The van der Waals surface area contributed by atoms with Gasteiger partial charge in [-0.25, -0.2) is 13.1 Å². The van der Waals surface area contributed by atoms with Crippen molar-refractivity contribution < 1.29 is 13.2 Å². The zero-order chi connectivity index (χ0) is 14.9. The lowest BCUT2D eigenvalue weighted by atomic mass is 10.3. The van der Waals surface area contributed by atoms with Crippen molar-refractivity contribution in [2.75, 3.05) is 12.8 Å². The predicted octanol–water partition coefficient (Wildman–Crippen LogP) is 2.53. The maximum absolute atomic E-state index is 12.4. The summed E-state index contributed by atoms with van der Waals surface area (Å²) < 4.78 is 33.1. The fourth-order valence-corrected chi connectivity index (χ4v) is 4.90. The van der Waals surface area contributed by atoms with Crippen LogP contribution in [-0.4, -0.2) is 27.7 Å². The summed E-state index contributed by atoms with van der Waals surface area (Å²) in [5.74, 6) is 0. The topological polar surface area (TPSA) is 81.4 Å². The van der Waals surface area contributed by atoms with E-state index in [0.717, 1.165) is 12.8 Å². The van der Waals surface area contributed by atoms with E-state index in [1.807, 2.05) is 0 Å². The van der Waals surface area contributed by atoms with Gasteiger partial charge in [-0.2, -0.15) is 0 Å². The number of nitrogens with one attached hydrogen (secondary N) is 1. The smallest absolute Gasteiger partial charge is 0.242 e. The third-order valence-electron chi connectivity index (χ3n) is 3.36. The number of hydrogen-bond acceptors (Lipinski definition) is 4. The Bertz CT molecular complexity index is 609. The molecule has 1 aromatic rings. The number of ether oxygens (including phenoxy) is 1. The van der Waals surface area contributed by atoms with Crippen LogP contribution in [0.1, 0.15) is 19.3 Å². The minimum absolute atomic E-state index is 0.0587. The van der Waals surface area contributed by atoms with Gasteiger partial charge in [0.25, 0.3) is 0 Å². The number of methoxy groups -OCH3 is 1. The van der Waals surface area contributed by atoms with Gasteiger partial charge in [-0.05, 0) is 47.3 Å². The first kappa shape index (κ1) is 16.0. The highest BCUT2D eigenvalue weighted by molar-refractivity contribution is 9.10. The second kappa shape index (κ2) is 6.19. The van der Waals surface area contributed by atoms with Crippen LogP contribution in [0.15, 0.2) is 21.5 Å². The molecule has 112 valence electrons. The molecular formula is C12H16BrClN2O3S. The summed E-state index contributed by atoms with van der Waals surface area (Å²) in [6.45, 7) is 0. The molecule has 1 fully saturated rings. The number of nitrogen functional groups attached to an aromatic ring is 1. The van der Waals surface area contributed by atoms with Crippen LogP contribution in [0, 0.1) is 0 Å². The maximum Gasteiger partial charge on any atom is 0.242 e. The highest BCUT2D eigenvalue weighted by Crippen LogP contribution is 2.32. The van der Waals surface area contributed by atoms with E-state index in [9.17, 15) is 8.42 Å². The van der Waals surface area contributed by atoms with Gasteiger partial charge in [0, 0.05) is 23.9 Å². The minimum atomic E-state index is -3.67. The van der Waals surface area contributed by atoms with E-state index in [1.54, 1.807) is 7.11 Å². The van der Waals surface area contributed by atoms with Gasteiger partial charge in [-0.1, -0.05) is 11.6 Å². The van der Waals surface area contributed by atoms with E-state index in [4.69, 9.17) is 22.1 Å². The first-order valence-corrected chi connectivity index (χ1v) is 8.78. The molecular weight excluding hydrogens is 368 g/mol. The van der Waals surface area contributed by atoms with E-state index < -0.39 is 10.0 Å². The Morgan fingerprint density at radius 2 is 2.15 bits per heavy atom. The van der Waals surface area contributed by atoms with Crippen LogP contribution in [0.4, 0.5) is 5.69 Å². The Kier molecular flexibility index (Phi) is 4.96. The summed E-state index contributed by atoms with van der Waals surface area (Å²) in [5.41, 5.74) is 6.02. The lowest BCUT2D eigenvalue weighted by molar-refractivity contribution is 0.107. The lowest BCUT2D eigenvalue weighted by Gasteiger charge is -2.15. The molecule has 3 N–H and O–H groups in total. The largest absolute Gasteiger partial charge is 0.398 e. The van der Waals surface area contributed by atoms with Gasteiger partial charge < -0.3 is 10.5 Å². The molecule has 1 aromatic carbocycles. The van der Waals surface area contributed by atoms with Crippen molar-refractivity contribution in [2.24, 2.45) is 0 Å². The fraction of sp³-hybridized carbons (Fsp3) is 0.500. The van der Waals surface area contributed by atoms with Crippen LogP contribution < -0.4 is 10.5 Å². The number of hydrogen-bond donors (Lipinski definition) is 2. The highest BCUT2D eigenvalue weighted by Gasteiger charge is 2.30. The molecule has 8 heteroatoms. The molecule has 1 aliphatic carbocycles. The molecule has 0 radical (unpaired) electrons. The molecule has 2 unspecified atom stereocenters. The average Bonchev–Trinajstić information content (AvgIpc) is 2.80. The third-order valence-corrected chi connectivity index (χ3v) is 6.27. The van der Waals surface area contributed by atoms with Crippen LogP contribution in [-0.2, 0) is 14.8 Å². The standard InChI is InChI=1S/C12H16BrClN2O3S/c1-19-9-3-2-8(6-9)16-20(17,18)11-5-7(14)4-10(15)12(11)13/h4-5,8-9,16H,2-3,6,15H2,1H3. The zero-order valence-corrected chi connectivity index (χ0v) is 14.1. The molecule has 2 atom stereocenters. The molecule has 0 heterocycles. The Hall–Kier alpha value is -0.340. The summed E-state index contributed by atoms with van der Waals surface area (Å²) in [6.07, 6.45) is 2.38. The molecule has 0 amide bonds. The highest BCUT2D eigenvalue weighted by atomic mass is 79.9. The van der Waals surface area contributed by atoms with Crippen LogP contribution in [0.2, 0.25) is 5.02 Å². The van der Waals surface area contributed by atoms with Crippen molar-refractivity contribution in [3.05, 3.63) is 21.6 Å². The second-order valence-corrected chi connectivity index (χ2v) is 7.71. The monoisotopic (exact) mass is 382 g/mol. The Morgan fingerprint density at radius 3 is 2.75 bits per heavy atom. The van der Waals surface area contributed by atoms with Crippen molar-refractivity contribution in [2.45, 2.75) is 36.3 Å².